The molecular weight excluding hydrogens is 214 g/mol. The maximum absolute atomic E-state index is 5.35. The van der Waals surface area contributed by atoms with Crippen LogP contribution in [0, 0.1) is 5.92 Å². The van der Waals surface area contributed by atoms with Gasteiger partial charge in [0.05, 0.1) is 19.9 Å². The Kier molecular flexibility index (Phi) is 3.77. The number of hydrogen-bond donors (Lipinski definition) is 1. The van der Waals surface area contributed by atoms with Crippen molar-refractivity contribution in [3.63, 3.8) is 0 Å². The standard InChI is InChI=1S/C14H21NO2/c1-10(8-11-4-5-11)15-13-9-12(16-2)6-7-14(13)17-3/h6-7,9-11,15H,4-5,8H2,1-3H3. The van der Waals surface area contributed by atoms with Crippen LogP contribution in [-0.2, 0) is 0 Å². The van der Waals surface area contributed by atoms with Gasteiger partial charge in [-0.3, -0.25) is 0 Å². The Hall–Kier alpha value is -1.38. The highest BCUT2D eigenvalue weighted by atomic mass is 16.5. The number of nitrogens with one attached hydrogen (secondary N) is 1. The zero-order valence-electron chi connectivity index (χ0n) is 10.8. The van der Waals surface area contributed by atoms with Crippen LogP contribution >= 0.6 is 0 Å². The van der Waals surface area contributed by atoms with Gasteiger partial charge >= 0.3 is 0 Å². The van der Waals surface area contributed by atoms with Gasteiger partial charge in [-0.15, -0.1) is 0 Å². The van der Waals surface area contributed by atoms with Crippen LogP contribution < -0.4 is 14.8 Å². The highest BCUT2D eigenvalue weighted by Crippen LogP contribution is 2.35. The van der Waals surface area contributed by atoms with Crippen LogP contribution in [0.4, 0.5) is 5.69 Å². The van der Waals surface area contributed by atoms with Gasteiger partial charge in [-0.05, 0) is 31.4 Å². The average Bonchev–Trinajstić information content (AvgIpc) is 3.12. The molecule has 0 bridgehead atoms. The fraction of sp³-hybridized carbons (Fsp3) is 0.571. The predicted molar refractivity (Wildman–Crippen MR) is 70.0 cm³/mol. The third kappa shape index (κ3) is 3.29. The first kappa shape index (κ1) is 12.1. The summed E-state index contributed by atoms with van der Waals surface area (Å²) in [4.78, 5) is 0. The summed E-state index contributed by atoms with van der Waals surface area (Å²) in [6, 6.07) is 6.31. The first-order valence-corrected chi connectivity index (χ1v) is 6.21. The summed E-state index contributed by atoms with van der Waals surface area (Å²) in [5.41, 5.74) is 1.01. The minimum Gasteiger partial charge on any atom is -0.497 e. The molecule has 94 valence electrons. The van der Waals surface area contributed by atoms with Gasteiger partial charge in [0, 0.05) is 12.1 Å². The number of anilines is 1. The largest absolute Gasteiger partial charge is 0.497 e. The van der Waals surface area contributed by atoms with Crippen molar-refractivity contribution in [1.29, 1.82) is 0 Å². The van der Waals surface area contributed by atoms with Crippen molar-refractivity contribution in [1.82, 2.24) is 0 Å². The molecule has 0 aromatic heterocycles. The summed E-state index contributed by atoms with van der Waals surface area (Å²) in [5, 5.41) is 3.50. The molecule has 2 rings (SSSR count). The Labute approximate surface area is 103 Å². The van der Waals surface area contributed by atoms with E-state index in [0.717, 1.165) is 23.1 Å². The average molecular weight is 235 g/mol. The molecule has 1 N–H and O–H groups in total. The van der Waals surface area contributed by atoms with Gasteiger partial charge in [-0.1, -0.05) is 12.8 Å². The van der Waals surface area contributed by atoms with E-state index in [1.54, 1.807) is 14.2 Å². The lowest BCUT2D eigenvalue weighted by atomic mass is 10.1. The van der Waals surface area contributed by atoms with Crippen LogP contribution in [0.3, 0.4) is 0 Å². The van der Waals surface area contributed by atoms with Gasteiger partial charge < -0.3 is 14.8 Å². The fourth-order valence-corrected chi connectivity index (χ4v) is 2.10. The molecule has 3 nitrogen and oxygen atoms in total. The Bertz CT molecular complexity index is 374. The Balaban J connectivity index is 2.05. The summed E-state index contributed by atoms with van der Waals surface area (Å²) in [7, 11) is 3.37. The molecule has 1 unspecified atom stereocenters. The molecular formula is C14H21NO2. The van der Waals surface area contributed by atoms with Crippen molar-refractivity contribution in [2.75, 3.05) is 19.5 Å². The molecule has 0 aliphatic heterocycles. The van der Waals surface area contributed by atoms with Crippen LogP contribution in [-0.4, -0.2) is 20.3 Å². The predicted octanol–water partition coefficient (Wildman–Crippen LogP) is 3.30. The van der Waals surface area contributed by atoms with Crippen molar-refractivity contribution < 1.29 is 9.47 Å². The second kappa shape index (κ2) is 5.30. The van der Waals surface area contributed by atoms with Crippen molar-refractivity contribution >= 4 is 5.69 Å². The summed E-state index contributed by atoms with van der Waals surface area (Å²) in [6.07, 6.45) is 4.02. The van der Waals surface area contributed by atoms with E-state index in [4.69, 9.17) is 9.47 Å². The third-order valence-electron chi connectivity index (χ3n) is 3.19. The monoisotopic (exact) mass is 235 g/mol. The number of ether oxygens (including phenoxy) is 2. The molecule has 0 spiro atoms. The summed E-state index contributed by atoms with van der Waals surface area (Å²) >= 11 is 0. The third-order valence-corrected chi connectivity index (χ3v) is 3.19. The highest BCUT2D eigenvalue weighted by molar-refractivity contribution is 5.60. The van der Waals surface area contributed by atoms with Gasteiger partial charge in [0.1, 0.15) is 11.5 Å². The number of rotatable bonds is 6. The quantitative estimate of drug-likeness (QED) is 0.820. The van der Waals surface area contributed by atoms with Gasteiger partial charge in [-0.25, -0.2) is 0 Å². The lowest BCUT2D eigenvalue weighted by Gasteiger charge is -2.18. The second-order valence-corrected chi connectivity index (χ2v) is 4.79. The highest BCUT2D eigenvalue weighted by Gasteiger charge is 2.23. The minimum atomic E-state index is 0.475. The van der Waals surface area contributed by atoms with E-state index in [9.17, 15) is 0 Å². The Morgan fingerprint density at radius 2 is 2.06 bits per heavy atom. The molecule has 3 heteroatoms. The van der Waals surface area contributed by atoms with E-state index in [2.05, 4.69) is 12.2 Å². The number of methoxy groups -OCH3 is 2. The Morgan fingerprint density at radius 1 is 1.29 bits per heavy atom. The van der Waals surface area contributed by atoms with E-state index in [1.807, 2.05) is 18.2 Å². The van der Waals surface area contributed by atoms with Crippen molar-refractivity contribution in [2.24, 2.45) is 5.92 Å². The molecule has 0 radical (unpaired) electrons. The zero-order chi connectivity index (χ0) is 12.3. The summed E-state index contributed by atoms with van der Waals surface area (Å²) < 4.78 is 10.6. The van der Waals surface area contributed by atoms with E-state index < -0.39 is 0 Å². The minimum absolute atomic E-state index is 0.475. The number of hydrogen-bond acceptors (Lipinski definition) is 3. The molecule has 0 amide bonds. The zero-order valence-corrected chi connectivity index (χ0v) is 10.8. The van der Waals surface area contributed by atoms with E-state index >= 15 is 0 Å². The van der Waals surface area contributed by atoms with Crippen LogP contribution in [0.5, 0.6) is 11.5 Å². The molecule has 1 fully saturated rings. The molecule has 1 atom stereocenters. The molecule has 17 heavy (non-hydrogen) atoms. The first-order valence-electron chi connectivity index (χ1n) is 6.21. The second-order valence-electron chi connectivity index (χ2n) is 4.79. The van der Waals surface area contributed by atoms with E-state index in [1.165, 1.54) is 19.3 Å². The van der Waals surface area contributed by atoms with Crippen LogP contribution in [0.1, 0.15) is 26.2 Å². The smallest absolute Gasteiger partial charge is 0.142 e. The summed E-state index contributed by atoms with van der Waals surface area (Å²) in [6.45, 7) is 2.22. The van der Waals surface area contributed by atoms with E-state index in [-0.39, 0.29) is 0 Å². The van der Waals surface area contributed by atoms with Crippen molar-refractivity contribution in [2.45, 2.75) is 32.2 Å². The van der Waals surface area contributed by atoms with E-state index in [0.29, 0.717) is 6.04 Å². The number of benzene rings is 1. The van der Waals surface area contributed by atoms with Gasteiger partial charge in [0.15, 0.2) is 0 Å². The summed E-state index contributed by atoms with van der Waals surface area (Å²) in [5.74, 6) is 2.65. The van der Waals surface area contributed by atoms with Crippen LogP contribution in [0.15, 0.2) is 18.2 Å². The fourth-order valence-electron chi connectivity index (χ4n) is 2.10. The van der Waals surface area contributed by atoms with Crippen molar-refractivity contribution in [3.8, 4) is 11.5 Å². The molecule has 0 saturated heterocycles. The molecule has 1 aliphatic rings. The molecule has 0 heterocycles. The normalized spacial score (nSPS) is 16.4. The lowest BCUT2D eigenvalue weighted by molar-refractivity contribution is 0.404. The van der Waals surface area contributed by atoms with Crippen LogP contribution in [0.25, 0.3) is 0 Å². The first-order chi connectivity index (χ1) is 8.22. The maximum atomic E-state index is 5.35. The molecule has 1 aromatic carbocycles. The SMILES string of the molecule is COc1ccc(OC)c(NC(C)CC2CC2)c1. The van der Waals surface area contributed by atoms with Crippen LogP contribution in [0.2, 0.25) is 0 Å². The van der Waals surface area contributed by atoms with Gasteiger partial charge in [0.2, 0.25) is 0 Å². The van der Waals surface area contributed by atoms with Gasteiger partial charge in [0.25, 0.3) is 0 Å². The Morgan fingerprint density at radius 3 is 2.65 bits per heavy atom. The lowest BCUT2D eigenvalue weighted by Crippen LogP contribution is -2.16. The topological polar surface area (TPSA) is 30.5 Å². The van der Waals surface area contributed by atoms with Crippen molar-refractivity contribution in [3.05, 3.63) is 18.2 Å². The molecule has 1 aliphatic carbocycles. The maximum Gasteiger partial charge on any atom is 0.142 e. The van der Waals surface area contributed by atoms with Gasteiger partial charge in [-0.2, -0.15) is 0 Å². The molecule has 1 aromatic rings. The molecule has 1 saturated carbocycles.